The minimum Gasteiger partial charge on any atom is -0.312 e. The Labute approximate surface area is 103 Å². The van der Waals surface area contributed by atoms with Gasteiger partial charge >= 0.3 is 0 Å². The highest BCUT2D eigenvalue weighted by Gasteiger charge is 2.19. The summed E-state index contributed by atoms with van der Waals surface area (Å²) < 4.78 is 1.89. The molecule has 90 valence electrons. The molecule has 2 nitrogen and oxygen atoms in total. The van der Waals surface area contributed by atoms with E-state index in [2.05, 4.69) is 46.4 Å². The zero-order chi connectivity index (χ0) is 12.3. The standard InChI is InChI=1S/C13H21NOS/c1-5-8-14-11(13(2,3)4)7-6-10(9-16)12(14)15/h6-7,16H,5,8-9H2,1-4H3. The molecule has 0 N–H and O–H groups in total. The van der Waals surface area contributed by atoms with Crippen molar-refractivity contribution in [3.05, 3.63) is 33.7 Å². The highest BCUT2D eigenvalue weighted by molar-refractivity contribution is 7.79. The Kier molecular flexibility index (Phi) is 4.25. The minimum absolute atomic E-state index is 0.00343. The zero-order valence-electron chi connectivity index (χ0n) is 10.6. The van der Waals surface area contributed by atoms with Crippen molar-refractivity contribution >= 4 is 12.6 Å². The second-order valence-electron chi connectivity index (χ2n) is 5.11. The van der Waals surface area contributed by atoms with E-state index in [4.69, 9.17) is 0 Å². The smallest absolute Gasteiger partial charge is 0.254 e. The van der Waals surface area contributed by atoms with Gasteiger partial charge in [0.2, 0.25) is 0 Å². The first-order valence-electron chi connectivity index (χ1n) is 5.76. The molecule has 0 fully saturated rings. The summed E-state index contributed by atoms with van der Waals surface area (Å²) in [4.78, 5) is 12.2. The largest absolute Gasteiger partial charge is 0.312 e. The lowest BCUT2D eigenvalue weighted by Gasteiger charge is -2.24. The summed E-state index contributed by atoms with van der Waals surface area (Å²) in [6, 6.07) is 3.96. The number of pyridine rings is 1. The van der Waals surface area contributed by atoms with E-state index in [0.29, 0.717) is 5.75 Å². The Balaban J connectivity index is 3.41. The summed E-state index contributed by atoms with van der Waals surface area (Å²) in [5.74, 6) is 0.507. The van der Waals surface area contributed by atoms with Crippen molar-refractivity contribution in [2.75, 3.05) is 0 Å². The van der Waals surface area contributed by atoms with E-state index >= 15 is 0 Å². The van der Waals surface area contributed by atoms with Crippen LogP contribution in [0.1, 0.15) is 45.4 Å². The molecule has 0 atom stereocenters. The van der Waals surface area contributed by atoms with E-state index in [1.807, 2.05) is 10.6 Å². The normalized spacial score (nSPS) is 11.8. The maximum absolute atomic E-state index is 12.2. The van der Waals surface area contributed by atoms with Gasteiger partial charge in [0.15, 0.2) is 0 Å². The molecule has 0 saturated carbocycles. The SMILES string of the molecule is CCCn1c(C(C)(C)C)ccc(CS)c1=O. The van der Waals surface area contributed by atoms with Crippen molar-refractivity contribution in [3.63, 3.8) is 0 Å². The number of aromatic nitrogens is 1. The summed E-state index contributed by atoms with van der Waals surface area (Å²) in [7, 11) is 0. The summed E-state index contributed by atoms with van der Waals surface area (Å²) in [6.45, 7) is 9.27. The summed E-state index contributed by atoms with van der Waals surface area (Å²) >= 11 is 4.19. The Morgan fingerprint density at radius 1 is 1.31 bits per heavy atom. The Morgan fingerprint density at radius 2 is 1.94 bits per heavy atom. The molecule has 0 unspecified atom stereocenters. The van der Waals surface area contributed by atoms with Crippen LogP contribution in [-0.4, -0.2) is 4.57 Å². The Hall–Kier alpha value is -0.700. The molecule has 0 saturated heterocycles. The van der Waals surface area contributed by atoms with Gasteiger partial charge in [0, 0.05) is 29.0 Å². The van der Waals surface area contributed by atoms with Crippen LogP contribution in [0.4, 0.5) is 0 Å². The van der Waals surface area contributed by atoms with E-state index in [0.717, 1.165) is 24.2 Å². The lowest BCUT2D eigenvalue weighted by Crippen LogP contribution is -2.31. The Bertz CT molecular complexity index is 415. The van der Waals surface area contributed by atoms with Crippen molar-refractivity contribution in [1.29, 1.82) is 0 Å². The molecule has 0 radical (unpaired) electrons. The van der Waals surface area contributed by atoms with Crippen LogP contribution in [0.25, 0.3) is 0 Å². The predicted molar refractivity (Wildman–Crippen MR) is 72.4 cm³/mol. The third-order valence-corrected chi connectivity index (χ3v) is 2.98. The lowest BCUT2D eigenvalue weighted by atomic mass is 9.90. The van der Waals surface area contributed by atoms with E-state index in [1.165, 1.54) is 0 Å². The van der Waals surface area contributed by atoms with Gasteiger partial charge in [-0.2, -0.15) is 12.6 Å². The van der Waals surface area contributed by atoms with Gasteiger partial charge < -0.3 is 4.57 Å². The van der Waals surface area contributed by atoms with Crippen molar-refractivity contribution in [2.45, 2.75) is 51.8 Å². The second kappa shape index (κ2) is 5.09. The molecule has 0 spiro atoms. The van der Waals surface area contributed by atoms with Crippen molar-refractivity contribution in [1.82, 2.24) is 4.57 Å². The summed E-state index contributed by atoms with van der Waals surface area (Å²) in [5, 5.41) is 0. The van der Waals surface area contributed by atoms with Gasteiger partial charge in [-0.25, -0.2) is 0 Å². The van der Waals surface area contributed by atoms with Gasteiger partial charge in [-0.15, -0.1) is 0 Å². The fourth-order valence-corrected chi connectivity index (χ4v) is 2.09. The number of rotatable bonds is 3. The molecule has 0 amide bonds. The van der Waals surface area contributed by atoms with Crippen LogP contribution in [0.3, 0.4) is 0 Å². The molecule has 3 heteroatoms. The third-order valence-electron chi connectivity index (χ3n) is 2.64. The third kappa shape index (κ3) is 2.70. The fraction of sp³-hybridized carbons (Fsp3) is 0.615. The lowest BCUT2D eigenvalue weighted by molar-refractivity contribution is 0.496. The van der Waals surface area contributed by atoms with E-state index in [1.54, 1.807) is 0 Å². The van der Waals surface area contributed by atoms with Crippen molar-refractivity contribution < 1.29 is 0 Å². The Morgan fingerprint density at radius 3 is 2.38 bits per heavy atom. The van der Waals surface area contributed by atoms with Crippen LogP contribution in [0.15, 0.2) is 16.9 Å². The summed E-state index contributed by atoms with van der Waals surface area (Å²) in [6.07, 6.45) is 0.971. The van der Waals surface area contributed by atoms with Crippen LogP contribution in [0.2, 0.25) is 0 Å². The summed E-state index contributed by atoms with van der Waals surface area (Å²) in [5.41, 5.74) is 2.00. The topological polar surface area (TPSA) is 22.0 Å². The van der Waals surface area contributed by atoms with Crippen LogP contribution in [0.5, 0.6) is 0 Å². The zero-order valence-corrected chi connectivity index (χ0v) is 11.5. The molecule has 0 aromatic carbocycles. The van der Waals surface area contributed by atoms with Gasteiger partial charge in [-0.05, 0) is 12.5 Å². The molecule has 16 heavy (non-hydrogen) atoms. The van der Waals surface area contributed by atoms with Gasteiger partial charge in [-0.1, -0.05) is 33.8 Å². The van der Waals surface area contributed by atoms with Gasteiger partial charge in [0.25, 0.3) is 5.56 Å². The van der Waals surface area contributed by atoms with Gasteiger partial charge in [0.1, 0.15) is 0 Å². The highest BCUT2D eigenvalue weighted by Crippen LogP contribution is 2.21. The van der Waals surface area contributed by atoms with E-state index < -0.39 is 0 Å². The van der Waals surface area contributed by atoms with E-state index in [9.17, 15) is 4.79 Å². The maximum atomic E-state index is 12.2. The molecule has 0 bridgehead atoms. The van der Waals surface area contributed by atoms with Crippen LogP contribution >= 0.6 is 12.6 Å². The number of hydrogen-bond acceptors (Lipinski definition) is 2. The van der Waals surface area contributed by atoms with E-state index in [-0.39, 0.29) is 11.0 Å². The molecule has 0 aliphatic carbocycles. The average Bonchev–Trinajstić information content (AvgIpc) is 2.19. The number of thiol groups is 1. The molecule has 0 aliphatic heterocycles. The number of nitrogens with zero attached hydrogens (tertiary/aromatic N) is 1. The molecule has 1 aromatic rings. The highest BCUT2D eigenvalue weighted by atomic mass is 32.1. The molecule has 1 aromatic heterocycles. The molecule has 1 rings (SSSR count). The second-order valence-corrected chi connectivity index (χ2v) is 5.42. The fourth-order valence-electron chi connectivity index (χ4n) is 1.84. The minimum atomic E-state index is 0.00343. The van der Waals surface area contributed by atoms with Gasteiger partial charge in [-0.3, -0.25) is 4.79 Å². The monoisotopic (exact) mass is 239 g/mol. The molecule has 1 heterocycles. The first kappa shape index (κ1) is 13.4. The average molecular weight is 239 g/mol. The predicted octanol–water partition coefficient (Wildman–Crippen LogP) is 2.99. The van der Waals surface area contributed by atoms with Gasteiger partial charge in [0.05, 0.1) is 0 Å². The van der Waals surface area contributed by atoms with Crippen molar-refractivity contribution in [3.8, 4) is 0 Å². The molecule has 0 aliphatic rings. The van der Waals surface area contributed by atoms with Crippen molar-refractivity contribution in [2.24, 2.45) is 0 Å². The molecular formula is C13H21NOS. The van der Waals surface area contributed by atoms with Crippen LogP contribution < -0.4 is 5.56 Å². The first-order chi connectivity index (χ1) is 7.41. The quantitative estimate of drug-likeness (QED) is 0.805. The first-order valence-corrected chi connectivity index (χ1v) is 6.39. The van der Waals surface area contributed by atoms with Crippen LogP contribution in [0, 0.1) is 0 Å². The molecular weight excluding hydrogens is 218 g/mol. The van der Waals surface area contributed by atoms with Crippen LogP contribution in [-0.2, 0) is 17.7 Å². The number of hydrogen-bond donors (Lipinski definition) is 1. The maximum Gasteiger partial charge on any atom is 0.254 e.